The molecule has 0 saturated carbocycles. The molecule has 2 rings (SSSR count). The van der Waals surface area contributed by atoms with Crippen LogP contribution in [-0.4, -0.2) is 26.0 Å². The second-order valence-electron chi connectivity index (χ2n) is 5.69. The highest BCUT2D eigenvalue weighted by molar-refractivity contribution is 9.10. The molecular formula is C18H19BrN2O4S. The molecule has 138 valence electrons. The zero-order valence-corrected chi connectivity index (χ0v) is 16.6. The molecule has 26 heavy (non-hydrogen) atoms. The molecule has 2 N–H and O–H groups in total. The summed E-state index contributed by atoms with van der Waals surface area (Å²) in [6.07, 6.45) is 0.338. The van der Waals surface area contributed by atoms with E-state index in [0.717, 1.165) is 4.47 Å². The fourth-order valence-corrected chi connectivity index (χ4v) is 3.96. The predicted octanol–water partition coefficient (Wildman–Crippen LogP) is 3.35. The molecule has 0 aliphatic rings. The Kier molecular flexibility index (Phi) is 6.93. The van der Waals surface area contributed by atoms with Crippen molar-refractivity contribution >= 4 is 49.0 Å². The highest BCUT2D eigenvalue weighted by Gasteiger charge is 2.18. The van der Waals surface area contributed by atoms with E-state index in [-0.39, 0.29) is 11.7 Å². The van der Waals surface area contributed by atoms with Gasteiger partial charge in [-0.25, -0.2) is 8.42 Å². The maximum Gasteiger partial charge on any atom is 0.239 e. The lowest BCUT2D eigenvalue weighted by Gasteiger charge is -2.09. The van der Waals surface area contributed by atoms with Crippen molar-refractivity contribution in [1.82, 2.24) is 0 Å². The zero-order valence-electron chi connectivity index (χ0n) is 14.2. The molecule has 2 amide bonds. The first kappa shape index (κ1) is 20.1. The fraction of sp³-hybridized carbons (Fsp3) is 0.222. The minimum absolute atomic E-state index is 0.148. The second kappa shape index (κ2) is 8.95. The Morgan fingerprint density at radius 2 is 1.58 bits per heavy atom. The van der Waals surface area contributed by atoms with Crippen LogP contribution in [0, 0.1) is 0 Å². The van der Waals surface area contributed by atoms with E-state index in [0.29, 0.717) is 23.4 Å². The first-order valence-corrected chi connectivity index (χ1v) is 10.5. The van der Waals surface area contributed by atoms with Gasteiger partial charge in [-0.3, -0.25) is 9.59 Å². The van der Waals surface area contributed by atoms with E-state index in [4.69, 9.17) is 0 Å². The Balaban J connectivity index is 1.99. The third-order valence-corrected chi connectivity index (χ3v) is 5.35. The molecule has 0 aliphatic carbocycles. The molecule has 2 aromatic rings. The number of halogens is 1. The topological polar surface area (TPSA) is 92.3 Å². The van der Waals surface area contributed by atoms with E-state index >= 15 is 0 Å². The zero-order chi connectivity index (χ0) is 19.2. The summed E-state index contributed by atoms with van der Waals surface area (Å²) in [5.74, 6) is -1.61. The number of carbonyl (C=O) groups is 2. The third kappa shape index (κ3) is 6.61. The van der Waals surface area contributed by atoms with Gasteiger partial charge in [-0.1, -0.05) is 41.1 Å². The van der Waals surface area contributed by atoms with Crippen LogP contribution in [0.3, 0.4) is 0 Å². The smallest absolute Gasteiger partial charge is 0.239 e. The van der Waals surface area contributed by atoms with Gasteiger partial charge >= 0.3 is 0 Å². The molecule has 8 heteroatoms. The van der Waals surface area contributed by atoms with Crippen LogP contribution in [0.4, 0.5) is 11.4 Å². The number of sulfone groups is 1. The van der Waals surface area contributed by atoms with Gasteiger partial charge < -0.3 is 10.6 Å². The van der Waals surface area contributed by atoms with Crippen molar-refractivity contribution in [2.45, 2.75) is 19.1 Å². The van der Waals surface area contributed by atoms with Crippen molar-refractivity contribution in [2.75, 3.05) is 16.4 Å². The maximum absolute atomic E-state index is 12.2. The van der Waals surface area contributed by atoms with Crippen molar-refractivity contribution < 1.29 is 18.0 Å². The Labute approximate surface area is 161 Å². The van der Waals surface area contributed by atoms with Crippen LogP contribution in [0.25, 0.3) is 0 Å². The summed E-state index contributed by atoms with van der Waals surface area (Å²) in [5.41, 5.74) is 1.56. The molecule has 0 aromatic heterocycles. The van der Waals surface area contributed by atoms with Crippen LogP contribution in [0.1, 0.15) is 18.9 Å². The number of nitrogens with one attached hydrogen (secondary N) is 2. The Bertz CT molecular complexity index is 913. The maximum atomic E-state index is 12.2. The van der Waals surface area contributed by atoms with E-state index in [1.165, 1.54) is 0 Å². The van der Waals surface area contributed by atoms with E-state index in [1.54, 1.807) is 55.5 Å². The van der Waals surface area contributed by atoms with E-state index in [2.05, 4.69) is 26.6 Å². The van der Waals surface area contributed by atoms with Gasteiger partial charge in [-0.05, 0) is 35.9 Å². The highest BCUT2D eigenvalue weighted by atomic mass is 79.9. The summed E-state index contributed by atoms with van der Waals surface area (Å²) in [5, 5.41) is 5.23. The largest absolute Gasteiger partial charge is 0.326 e. The monoisotopic (exact) mass is 438 g/mol. The van der Waals surface area contributed by atoms with Gasteiger partial charge in [0.1, 0.15) is 5.75 Å². The Morgan fingerprint density at radius 1 is 0.962 bits per heavy atom. The first-order chi connectivity index (χ1) is 12.3. The molecule has 0 atom stereocenters. The van der Waals surface area contributed by atoms with E-state index < -0.39 is 21.5 Å². The molecular weight excluding hydrogens is 420 g/mol. The third-order valence-electron chi connectivity index (χ3n) is 3.38. The van der Waals surface area contributed by atoms with E-state index in [1.807, 2.05) is 0 Å². The lowest BCUT2D eigenvalue weighted by atomic mass is 10.2. The molecule has 0 saturated heterocycles. The number of benzene rings is 2. The van der Waals surface area contributed by atoms with Crippen LogP contribution in [0.15, 0.2) is 53.0 Å². The van der Waals surface area contributed by atoms with Crippen molar-refractivity contribution in [1.29, 1.82) is 0 Å². The Morgan fingerprint density at radius 3 is 2.19 bits per heavy atom. The van der Waals surface area contributed by atoms with Gasteiger partial charge in [0.05, 0.1) is 5.75 Å². The van der Waals surface area contributed by atoms with Crippen LogP contribution in [-0.2, 0) is 25.2 Å². The lowest BCUT2D eigenvalue weighted by Crippen LogP contribution is -2.24. The van der Waals surface area contributed by atoms with Crippen molar-refractivity contribution in [3.05, 3.63) is 58.6 Å². The number of hydrogen-bond acceptors (Lipinski definition) is 4. The molecule has 0 spiro atoms. The first-order valence-electron chi connectivity index (χ1n) is 7.92. The molecule has 0 aliphatic heterocycles. The van der Waals surface area contributed by atoms with Gasteiger partial charge in [0.25, 0.3) is 0 Å². The van der Waals surface area contributed by atoms with Crippen LogP contribution in [0.2, 0.25) is 0 Å². The number of amides is 2. The summed E-state index contributed by atoms with van der Waals surface area (Å²) in [7, 11) is -3.61. The van der Waals surface area contributed by atoms with Gasteiger partial charge in [-0.15, -0.1) is 0 Å². The quantitative estimate of drug-likeness (QED) is 0.692. The fourth-order valence-electron chi connectivity index (χ4n) is 2.25. The summed E-state index contributed by atoms with van der Waals surface area (Å²) in [4.78, 5) is 23.5. The second-order valence-corrected chi connectivity index (χ2v) is 8.67. The molecule has 0 heterocycles. The predicted molar refractivity (Wildman–Crippen MR) is 106 cm³/mol. The normalized spacial score (nSPS) is 11.0. The van der Waals surface area contributed by atoms with E-state index in [9.17, 15) is 18.0 Å². The number of carbonyl (C=O) groups excluding carboxylic acids is 2. The van der Waals surface area contributed by atoms with Crippen LogP contribution in [0.5, 0.6) is 0 Å². The van der Waals surface area contributed by atoms with Gasteiger partial charge in [0.15, 0.2) is 9.84 Å². The lowest BCUT2D eigenvalue weighted by molar-refractivity contribution is -0.116. The van der Waals surface area contributed by atoms with Crippen molar-refractivity contribution in [2.24, 2.45) is 0 Å². The van der Waals surface area contributed by atoms with Gasteiger partial charge in [0.2, 0.25) is 11.8 Å². The number of anilines is 2. The van der Waals surface area contributed by atoms with Gasteiger partial charge in [-0.2, -0.15) is 0 Å². The molecule has 0 bridgehead atoms. The average molecular weight is 439 g/mol. The van der Waals surface area contributed by atoms with Crippen molar-refractivity contribution in [3.8, 4) is 0 Å². The average Bonchev–Trinajstić information content (AvgIpc) is 2.53. The minimum Gasteiger partial charge on any atom is -0.326 e. The minimum atomic E-state index is -3.61. The Hall–Kier alpha value is -2.19. The molecule has 2 aromatic carbocycles. The number of rotatable bonds is 7. The SMILES string of the molecule is CCC(=O)Nc1cccc(NC(=O)CS(=O)(=O)Cc2cccc(Br)c2)c1. The number of hydrogen-bond donors (Lipinski definition) is 2. The summed E-state index contributed by atoms with van der Waals surface area (Å²) in [6.45, 7) is 1.73. The van der Waals surface area contributed by atoms with Crippen molar-refractivity contribution in [3.63, 3.8) is 0 Å². The summed E-state index contributed by atoms with van der Waals surface area (Å²) >= 11 is 3.29. The summed E-state index contributed by atoms with van der Waals surface area (Å²) in [6, 6.07) is 13.5. The van der Waals surface area contributed by atoms with Gasteiger partial charge in [0, 0.05) is 22.3 Å². The van der Waals surface area contributed by atoms with Crippen LogP contribution >= 0.6 is 15.9 Å². The van der Waals surface area contributed by atoms with Crippen LogP contribution < -0.4 is 10.6 Å². The standard InChI is InChI=1S/C18H19BrN2O4S/c1-2-17(22)20-15-7-4-8-16(10-15)21-18(23)12-26(24,25)11-13-5-3-6-14(19)9-13/h3-10H,2,11-12H2,1H3,(H,20,22)(H,21,23). The molecule has 0 unspecified atom stereocenters. The highest BCUT2D eigenvalue weighted by Crippen LogP contribution is 2.17. The summed E-state index contributed by atoms with van der Waals surface area (Å²) < 4.78 is 25.2. The molecule has 0 fully saturated rings. The molecule has 6 nitrogen and oxygen atoms in total. The molecule has 0 radical (unpaired) electrons.